The average molecular weight is 347 g/mol. The Balaban J connectivity index is 1.26. The highest BCUT2D eigenvalue weighted by molar-refractivity contribution is 5.79. The van der Waals surface area contributed by atoms with Crippen LogP contribution in [0.4, 0.5) is 0 Å². The third-order valence-electron chi connectivity index (χ3n) is 4.60. The van der Waals surface area contributed by atoms with Crippen LogP contribution in [0.2, 0.25) is 0 Å². The molecule has 1 fully saturated rings. The number of benzene rings is 2. The molecule has 0 bridgehead atoms. The zero-order valence-electron chi connectivity index (χ0n) is 14.4. The molecule has 1 aromatic heterocycles. The van der Waals surface area contributed by atoms with Crippen molar-refractivity contribution >= 4 is 5.91 Å². The molecule has 26 heavy (non-hydrogen) atoms. The molecule has 132 valence electrons. The second kappa shape index (κ2) is 7.44. The van der Waals surface area contributed by atoms with Gasteiger partial charge in [0.15, 0.2) is 0 Å². The van der Waals surface area contributed by atoms with Gasteiger partial charge in [-0.2, -0.15) is 5.10 Å². The van der Waals surface area contributed by atoms with Gasteiger partial charge in [0.25, 0.3) is 0 Å². The van der Waals surface area contributed by atoms with Gasteiger partial charge in [-0.15, -0.1) is 0 Å². The van der Waals surface area contributed by atoms with E-state index in [4.69, 9.17) is 4.74 Å². The maximum absolute atomic E-state index is 12.0. The van der Waals surface area contributed by atoms with E-state index >= 15 is 0 Å². The number of hydrogen-bond acceptors (Lipinski definition) is 3. The molecule has 0 radical (unpaired) electrons. The summed E-state index contributed by atoms with van der Waals surface area (Å²) in [6, 6.07) is 20.3. The summed E-state index contributed by atoms with van der Waals surface area (Å²) >= 11 is 0. The van der Waals surface area contributed by atoms with Crippen LogP contribution in [0.25, 0.3) is 0 Å². The van der Waals surface area contributed by atoms with Gasteiger partial charge >= 0.3 is 0 Å². The lowest BCUT2D eigenvalue weighted by molar-refractivity contribution is -0.120. The van der Waals surface area contributed by atoms with Gasteiger partial charge < -0.3 is 10.1 Å². The van der Waals surface area contributed by atoms with Crippen molar-refractivity contribution in [1.29, 1.82) is 0 Å². The van der Waals surface area contributed by atoms with Crippen molar-refractivity contribution in [2.45, 2.75) is 31.4 Å². The number of aromatic amines is 1. The van der Waals surface area contributed by atoms with Crippen molar-refractivity contribution in [3.63, 3.8) is 0 Å². The molecule has 0 aliphatic heterocycles. The molecule has 3 aromatic rings. The van der Waals surface area contributed by atoms with Crippen molar-refractivity contribution in [1.82, 2.24) is 15.5 Å². The Morgan fingerprint density at radius 3 is 2.65 bits per heavy atom. The average Bonchev–Trinajstić information content (AvgIpc) is 3.23. The van der Waals surface area contributed by atoms with E-state index in [1.807, 2.05) is 36.4 Å². The van der Waals surface area contributed by atoms with Gasteiger partial charge in [-0.3, -0.25) is 9.89 Å². The van der Waals surface area contributed by atoms with E-state index in [1.165, 1.54) is 5.56 Å². The smallest absolute Gasteiger partial charge is 0.226 e. The monoisotopic (exact) mass is 347 g/mol. The molecule has 1 saturated carbocycles. The SMILES string of the molecule is O=C(Cc1ccn[nH]1)NC1CC1c1ccc(OCc2ccccc2)cc1. The van der Waals surface area contributed by atoms with E-state index in [0.717, 1.165) is 23.4 Å². The number of aromatic nitrogens is 2. The van der Waals surface area contributed by atoms with Crippen LogP contribution in [0.15, 0.2) is 66.9 Å². The van der Waals surface area contributed by atoms with E-state index < -0.39 is 0 Å². The van der Waals surface area contributed by atoms with Crippen molar-refractivity contribution in [3.05, 3.63) is 83.7 Å². The molecule has 0 spiro atoms. The highest BCUT2D eigenvalue weighted by Gasteiger charge is 2.39. The van der Waals surface area contributed by atoms with Crippen LogP contribution in [-0.2, 0) is 17.8 Å². The number of nitrogens with zero attached hydrogens (tertiary/aromatic N) is 1. The zero-order valence-corrected chi connectivity index (χ0v) is 14.4. The van der Waals surface area contributed by atoms with Gasteiger partial charge in [-0.25, -0.2) is 0 Å². The normalized spacial score (nSPS) is 18.3. The summed E-state index contributed by atoms with van der Waals surface area (Å²) in [6.07, 6.45) is 2.98. The van der Waals surface area contributed by atoms with Crippen LogP contribution >= 0.6 is 0 Å². The second-order valence-corrected chi connectivity index (χ2v) is 6.62. The molecule has 2 unspecified atom stereocenters. The minimum Gasteiger partial charge on any atom is -0.489 e. The van der Waals surface area contributed by atoms with Crippen LogP contribution in [0.5, 0.6) is 5.75 Å². The Morgan fingerprint density at radius 2 is 1.92 bits per heavy atom. The van der Waals surface area contributed by atoms with Gasteiger partial charge in [0.1, 0.15) is 12.4 Å². The van der Waals surface area contributed by atoms with Gasteiger partial charge in [0.05, 0.1) is 6.42 Å². The quantitative estimate of drug-likeness (QED) is 0.690. The fourth-order valence-electron chi connectivity index (χ4n) is 3.09. The number of hydrogen-bond donors (Lipinski definition) is 2. The van der Waals surface area contributed by atoms with Crippen LogP contribution in [0.1, 0.15) is 29.2 Å². The highest BCUT2D eigenvalue weighted by Crippen LogP contribution is 2.41. The molecule has 2 atom stereocenters. The number of ether oxygens (including phenoxy) is 1. The molecule has 1 aliphatic rings. The molecular formula is C21H21N3O2. The predicted molar refractivity (Wildman–Crippen MR) is 98.8 cm³/mol. The van der Waals surface area contributed by atoms with Crippen LogP contribution < -0.4 is 10.1 Å². The standard InChI is InChI=1S/C21H21N3O2/c25-21(12-17-10-11-22-24-17)23-20-13-19(20)16-6-8-18(9-7-16)26-14-15-4-2-1-3-5-15/h1-11,19-20H,12-14H2,(H,22,24)(H,23,25). The Kier molecular flexibility index (Phi) is 4.69. The molecule has 1 aliphatic carbocycles. The molecule has 5 nitrogen and oxygen atoms in total. The van der Waals surface area contributed by atoms with Gasteiger partial charge in [-0.05, 0) is 35.7 Å². The van der Waals surface area contributed by atoms with E-state index in [0.29, 0.717) is 18.9 Å². The third-order valence-corrected chi connectivity index (χ3v) is 4.60. The van der Waals surface area contributed by atoms with Crippen LogP contribution in [0.3, 0.4) is 0 Å². The summed E-state index contributed by atoms with van der Waals surface area (Å²) in [4.78, 5) is 12.0. The third kappa shape index (κ3) is 4.11. The lowest BCUT2D eigenvalue weighted by Gasteiger charge is -2.08. The molecule has 2 aromatic carbocycles. The fraction of sp³-hybridized carbons (Fsp3) is 0.238. The topological polar surface area (TPSA) is 67.0 Å². The Hall–Kier alpha value is -3.08. The first-order chi connectivity index (χ1) is 12.8. The number of nitrogens with one attached hydrogen (secondary N) is 2. The van der Waals surface area contributed by atoms with Crippen LogP contribution in [-0.4, -0.2) is 22.1 Å². The van der Waals surface area contributed by atoms with E-state index in [2.05, 4.69) is 39.8 Å². The van der Waals surface area contributed by atoms with Gasteiger partial charge in [0, 0.05) is 23.9 Å². The summed E-state index contributed by atoms with van der Waals surface area (Å²) in [5.74, 6) is 1.28. The summed E-state index contributed by atoms with van der Waals surface area (Å²) in [7, 11) is 0. The maximum atomic E-state index is 12.0. The number of amides is 1. The van der Waals surface area contributed by atoms with E-state index in [-0.39, 0.29) is 11.9 Å². The van der Waals surface area contributed by atoms with Crippen LogP contribution in [0, 0.1) is 0 Å². The summed E-state index contributed by atoms with van der Waals surface area (Å²) in [6.45, 7) is 0.565. The molecular weight excluding hydrogens is 326 g/mol. The number of carbonyl (C=O) groups is 1. The lowest BCUT2D eigenvalue weighted by Crippen LogP contribution is -2.28. The van der Waals surface area contributed by atoms with E-state index in [9.17, 15) is 4.79 Å². The largest absolute Gasteiger partial charge is 0.489 e. The lowest BCUT2D eigenvalue weighted by atomic mass is 10.1. The van der Waals surface area contributed by atoms with Gasteiger partial charge in [-0.1, -0.05) is 42.5 Å². The maximum Gasteiger partial charge on any atom is 0.226 e. The number of rotatable bonds is 7. The van der Waals surface area contributed by atoms with Crippen molar-refractivity contribution in [2.24, 2.45) is 0 Å². The fourth-order valence-corrected chi connectivity index (χ4v) is 3.09. The number of carbonyl (C=O) groups excluding carboxylic acids is 1. The molecule has 5 heteroatoms. The number of H-pyrrole nitrogens is 1. The predicted octanol–water partition coefficient (Wildman–Crippen LogP) is 3.20. The first-order valence-corrected chi connectivity index (χ1v) is 8.82. The first kappa shape index (κ1) is 16.4. The molecule has 4 rings (SSSR count). The first-order valence-electron chi connectivity index (χ1n) is 8.82. The Morgan fingerprint density at radius 1 is 1.12 bits per heavy atom. The molecule has 2 N–H and O–H groups in total. The summed E-state index contributed by atoms with van der Waals surface area (Å²) in [5.41, 5.74) is 3.22. The summed E-state index contributed by atoms with van der Waals surface area (Å²) < 4.78 is 5.82. The Bertz CT molecular complexity index is 845. The molecule has 1 amide bonds. The van der Waals surface area contributed by atoms with Crippen molar-refractivity contribution < 1.29 is 9.53 Å². The molecule has 1 heterocycles. The molecule has 0 saturated heterocycles. The van der Waals surface area contributed by atoms with E-state index in [1.54, 1.807) is 6.20 Å². The zero-order chi connectivity index (χ0) is 17.8. The minimum absolute atomic E-state index is 0.0320. The second-order valence-electron chi connectivity index (χ2n) is 6.62. The Labute approximate surface area is 152 Å². The van der Waals surface area contributed by atoms with Crippen molar-refractivity contribution in [3.8, 4) is 5.75 Å². The van der Waals surface area contributed by atoms with Crippen molar-refractivity contribution in [2.75, 3.05) is 0 Å². The van der Waals surface area contributed by atoms with Gasteiger partial charge in [0.2, 0.25) is 5.91 Å². The minimum atomic E-state index is 0.0320. The summed E-state index contributed by atoms with van der Waals surface area (Å²) in [5, 5.41) is 9.75. The highest BCUT2D eigenvalue weighted by atomic mass is 16.5.